The molecule has 0 saturated heterocycles. The Bertz CT molecular complexity index is 1180. The summed E-state index contributed by atoms with van der Waals surface area (Å²) in [4.78, 5) is 30.7. The van der Waals surface area contributed by atoms with Crippen LogP contribution in [-0.4, -0.2) is 24.5 Å². The maximum Gasteiger partial charge on any atom is 0.352 e. The zero-order chi connectivity index (χ0) is 18.8. The number of thiophene rings is 1. The lowest BCUT2D eigenvalue weighted by Gasteiger charge is -2.09. The van der Waals surface area contributed by atoms with Crippen LogP contribution in [0.4, 0.5) is 0 Å². The lowest BCUT2D eigenvalue weighted by molar-refractivity contribution is 0.432. The molecule has 27 heavy (non-hydrogen) atoms. The van der Waals surface area contributed by atoms with Gasteiger partial charge >= 0.3 is 5.69 Å². The maximum absolute atomic E-state index is 12.8. The van der Waals surface area contributed by atoms with Crippen LogP contribution in [0.5, 0.6) is 0 Å². The van der Waals surface area contributed by atoms with Crippen molar-refractivity contribution in [3.8, 4) is 28.0 Å². The minimum Gasteiger partial charge on any atom is -0.333 e. The van der Waals surface area contributed by atoms with E-state index in [1.807, 2.05) is 30.5 Å². The minimum absolute atomic E-state index is 0.0292. The molecule has 0 unspecified atom stereocenters. The fourth-order valence-electron chi connectivity index (χ4n) is 2.63. The highest BCUT2D eigenvalue weighted by Gasteiger charge is 2.20. The molecule has 0 spiro atoms. The highest BCUT2D eigenvalue weighted by Crippen LogP contribution is 2.24. The Morgan fingerprint density at radius 3 is 2.63 bits per heavy atom. The van der Waals surface area contributed by atoms with Crippen molar-refractivity contribution in [3.05, 3.63) is 68.7 Å². The van der Waals surface area contributed by atoms with E-state index in [4.69, 9.17) is 4.52 Å². The predicted molar refractivity (Wildman–Crippen MR) is 101 cm³/mol. The molecule has 0 atom stereocenters. The first-order valence-corrected chi connectivity index (χ1v) is 9.24. The van der Waals surface area contributed by atoms with Gasteiger partial charge in [-0.1, -0.05) is 36.3 Å². The number of hydrogen-bond acceptors (Lipinski definition) is 7. The standard InChI is InChI=1S/C18H15N5O3S/c1-2-10-22-17(24)14(15-19-16(26-21-15)13-9-6-11-27-13)20-23(18(22)25)12-7-4-3-5-8-12/h3-9,11H,2,10H2,1H3. The molecule has 3 aromatic heterocycles. The molecule has 0 radical (unpaired) electrons. The van der Waals surface area contributed by atoms with E-state index >= 15 is 0 Å². The van der Waals surface area contributed by atoms with E-state index in [2.05, 4.69) is 15.2 Å². The summed E-state index contributed by atoms with van der Waals surface area (Å²) in [5.41, 5.74) is -0.514. The summed E-state index contributed by atoms with van der Waals surface area (Å²) < 4.78 is 7.61. The Hall–Kier alpha value is -3.33. The molecule has 8 nitrogen and oxygen atoms in total. The average molecular weight is 381 g/mol. The van der Waals surface area contributed by atoms with Crippen LogP contribution in [0.3, 0.4) is 0 Å². The Morgan fingerprint density at radius 1 is 1.11 bits per heavy atom. The van der Waals surface area contributed by atoms with Crippen LogP contribution in [0.2, 0.25) is 0 Å². The van der Waals surface area contributed by atoms with Crippen molar-refractivity contribution < 1.29 is 4.52 Å². The van der Waals surface area contributed by atoms with Gasteiger partial charge in [0, 0.05) is 6.54 Å². The van der Waals surface area contributed by atoms with Crippen molar-refractivity contribution in [2.45, 2.75) is 19.9 Å². The molecule has 0 aliphatic carbocycles. The lowest BCUT2D eigenvalue weighted by atomic mass is 10.3. The first-order chi connectivity index (χ1) is 13.2. The lowest BCUT2D eigenvalue weighted by Crippen LogP contribution is -2.41. The minimum atomic E-state index is -0.535. The Kier molecular flexibility index (Phi) is 4.51. The van der Waals surface area contributed by atoms with E-state index in [0.29, 0.717) is 18.0 Å². The molecule has 1 aromatic carbocycles. The zero-order valence-electron chi connectivity index (χ0n) is 14.4. The Morgan fingerprint density at radius 2 is 1.93 bits per heavy atom. The summed E-state index contributed by atoms with van der Waals surface area (Å²) >= 11 is 1.45. The second-order valence-corrected chi connectivity index (χ2v) is 6.68. The van der Waals surface area contributed by atoms with Crippen LogP contribution in [-0.2, 0) is 6.54 Å². The van der Waals surface area contributed by atoms with Crippen molar-refractivity contribution in [3.63, 3.8) is 0 Å². The number of nitrogens with zero attached hydrogens (tertiary/aromatic N) is 5. The van der Waals surface area contributed by atoms with Gasteiger partial charge in [-0.25, -0.2) is 4.79 Å². The summed E-state index contributed by atoms with van der Waals surface area (Å²) in [7, 11) is 0. The van der Waals surface area contributed by atoms with Gasteiger partial charge in [-0.3, -0.25) is 9.36 Å². The first kappa shape index (κ1) is 17.1. The monoisotopic (exact) mass is 381 g/mol. The van der Waals surface area contributed by atoms with Crippen molar-refractivity contribution >= 4 is 11.3 Å². The average Bonchev–Trinajstić information content (AvgIpc) is 3.37. The van der Waals surface area contributed by atoms with Gasteiger partial charge < -0.3 is 4.52 Å². The van der Waals surface area contributed by atoms with Crippen LogP contribution < -0.4 is 11.2 Å². The third-order valence-electron chi connectivity index (χ3n) is 3.88. The summed E-state index contributed by atoms with van der Waals surface area (Å²) in [5.74, 6) is 0.360. The molecule has 136 valence electrons. The fourth-order valence-corrected chi connectivity index (χ4v) is 3.28. The number of aromatic nitrogens is 5. The number of rotatable bonds is 5. The van der Waals surface area contributed by atoms with Crippen molar-refractivity contribution in [2.24, 2.45) is 0 Å². The van der Waals surface area contributed by atoms with Crippen LogP contribution in [0.15, 0.2) is 62.0 Å². The van der Waals surface area contributed by atoms with Gasteiger partial charge in [-0.05, 0) is 30.0 Å². The van der Waals surface area contributed by atoms with E-state index in [1.54, 1.807) is 24.3 Å². The summed E-state index contributed by atoms with van der Waals surface area (Å²) in [6.07, 6.45) is 0.625. The van der Waals surface area contributed by atoms with Crippen molar-refractivity contribution in [1.82, 2.24) is 24.5 Å². The topological polar surface area (TPSA) is 95.8 Å². The molecule has 9 heteroatoms. The van der Waals surface area contributed by atoms with Gasteiger partial charge in [-0.15, -0.1) is 11.3 Å². The molecule has 0 fully saturated rings. The van der Waals surface area contributed by atoms with E-state index in [0.717, 1.165) is 9.44 Å². The van der Waals surface area contributed by atoms with E-state index in [9.17, 15) is 9.59 Å². The largest absolute Gasteiger partial charge is 0.352 e. The Labute approximate surface area is 157 Å². The van der Waals surface area contributed by atoms with Gasteiger partial charge in [-0.2, -0.15) is 14.8 Å². The van der Waals surface area contributed by atoms with Crippen LogP contribution in [0.25, 0.3) is 28.0 Å². The molecular weight excluding hydrogens is 366 g/mol. The highest BCUT2D eigenvalue weighted by atomic mass is 32.1. The quantitative estimate of drug-likeness (QED) is 0.527. The maximum atomic E-state index is 12.8. The van der Waals surface area contributed by atoms with Gasteiger partial charge in [0.1, 0.15) is 0 Å². The molecule has 4 aromatic rings. The molecule has 0 amide bonds. The molecular formula is C18H15N5O3S. The van der Waals surface area contributed by atoms with Crippen molar-refractivity contribution in [2.75, 3.05) is 0 Å². The molecule has 0 bridgehead atoms. The third kappa shape index (κ3) is 3.13. The SMILES string of the molecule is CCCn1c(=O)c(-c2noc(-c3cccs3)n2)nn(-c2ccccc2)c1=O. The number of para-hydroxylation sites is 1. The predicted octanol–water partition coefficient (Wildman–Crippen LogP) is 2.58. The highest BCUT2D eigenvalue weighted by molar-refractivity contribution is 7.13. The first-order valence-electron chi connectivity index (χ1n) is 8.36. The zero-order valence-corrected chi connectivity index (χ0v) is 15.2. The van der Waals surface area contributed by atoms with Crippen LogP contribution in [0.1, 0.15) is 13.3 Å². The molecule has 0 aliphatic heterocycles. The molecule has 0 saturated carbocycles. The normalized spacial score (nSPS) is 11.0. The summed E-state index contributed by atoms with van der Waals surface area (Å²) in [6.45, 7) is 2.16. The molecule has 0 aliphatic rings. The fraction of sp³-hybridized carbons (Fsp3) is 0.167. The van der Waals surface area contributed by atoms with Crippen LogP contribution >= 0.6 is 11.3 Å². The second kappa shape index (κ2) is 7.12. The van der Waals surface area contributed by atoms with Crippen molar-refractivity contribution in [1.29, 1.82) is 0 Å². The molecule has 3 heterocycles. The summed E-state index contributed by atoms with van der Waals surface area (Å²) in [6, 6.07) is 12.6. The van der Waals surface area contributed by atoms with Gasteiger partial charge in [0.05, 0.1) is 10.6 Å². The smallest absolute Gasteiger partial charge is 0.333 e. The number of benzene rings is 1. The van der Waals surface area contributed by atoms with Gasteiger partial charge in [0.25, 0.3) is 11.4 Å². The van der Waals surface area contributed by atoms with Gasteiger partial charge in [0.15, 0.2) is 5.69 Å². The molecule has 4 rings (SSSR count). The van der Waals surface area contributed by atoms with Gasteiger partial charge in [0.2, 0.25) is 5.82 Å². The second-order valence-electron chi connectivity index (χ2n) is 5.74. The van der Waals surface area contributed by atoms with E-state index in [1.165, 1.54) is 16.0 Å². The molecule has 0 N–H and O–H groups in total. The summed E-state index contributed by atoms with van der Waals surface area (Å²) in [5, 5.41) is 10.0. The Balaban J connectivity index is 1.91. The van der Waals surface area contributed by atoms with Crippen LogP contribution in [0, 0.1) is 0 Å². The van der Waals surface area contributed by atoms with E-state index < -0.39 is 11.2 Å². The third-order valence-corrected chi connectivity index (χ3v) is 4.74. The number of hydrogen-bond donors (Lipinski definition) is 0. The van der Waals surface area contributed by atoms with E-state index in [-0.39, 0.29) is 18.1 Å².